The summed E-state index contributed by atoms with van der Waals surface area (Å²) in [5.74, 6) is 1.67. The maximum absolute atomic E-state index is 12.5. The molecule has 3 aromatic rings. The molecule has 1 amide bonds. The lowest BCUT2D eigenvalue weighted by atomic mass is 9.95. The van der Waals surface area contributed by atoms with Crippen LogP contribution >= 0.6 is 0 Å². The molecule has 0 aliphatic carbocycles. The minimum Gasteiger partial charge on any atom is -0.356 e. The smallest absolute Gasteiger partial charge is 0.223 e. The lowest BCUT2D eigenvalue weighted by Gasteiger charge is -2.32. The van der Waals surface area contributed by atoms with E-state index < -0.39 is 0 Å². The first-order valence-electron chi connectivity index (χ1n) is 11.7. The van der Waals surface area contributed by atoms with Crippen molar-refractivity contribution in [2.75, 3.05) is 24.5 Å². The number of carbonyl (C=O) groups excluding carboxylic acids is 1. The molecule has 0 radical (unpaired) electrons. The third kappa shape index (κ3) is 4.47. The zero-order chi connectivity index (χ0) is 22.8. The normalized spacial score (nSPS) is 15.0. The molecular weight excluding hydrogens is 400 g/mol. The van der Waals surface area contributed by atoms with Crippen molar-refractivity contribution < 1.29 is 4.79 Å². The molecule has 0 atom stereocenters. The molecule has 2 aromatic heterocycles. The number of benzene rings is 1. The summed E-state index contributed by atoms with van der Waals surface area (Å²) in [6, 6.07) is 8.38. The van der Waals surface area contributed by atoms with Gasteiger partial charge in [0.25, 0.3) is 0 Å². The van der Waals surface area contributed by atoms with Gasteiger partial charge in [-0.15, -0.1) is 5.10 Å². The second-order valence-electron chi connectivity index (χ2n) is 9.40. The molecule has 170 valence electrons. The lowest BCUT2D eigenvalue weighted by molar-refractivity contribution is -0.125. The number of aryl methyl sites for hydroxylation is 3. The zero-order valence-corrected chi connectivity index (χ0v) is 19.9. The number of piperidine rings is 1. The Balaban J connectivity index is 1.54. The van der Waals surface area contributed by atoms with Gasteiger partial charge in [0.1, 0.15) is 5.52 Å². The van der Waals surface area contributed by atoms with Crippen molar-refractivity contribution in [1.29, 1.82) is 0 Å². The minimum atomic E-state index is 0.0687. The van der Waals surface area contributed by atoms with Crippen LogP contribution in [0.25, 0.3) is 16.6 Å². The molecule has 1 N–H and O–H groups in total. The molecule has 3 heterocycles. The molecule has 0 saturated carbocycles. The van der Waals surface area contributed by atoms with Crippen LogP contribution in [-0.4, -0.2) is 45.5 Å². The predicted octanol–water partition coefficient (Wildman–Crippen LogP) is 4.12. The van der Waals surface area contributed by atoms with Crippen molar-refractivity contribution in [3.63, 3.8) is 0 Å². The highest BCUT2D eigenvalue weighted by atomic mass is 16.1. The summed E-state index contributed by atoms with van der Waals surface area (Å²) < 4.78 is 1.99. The van der Waals surface area contributed by atoms with Gasteiger partial charge in [0.15, 0.2) is 5.82 Å². The van der Waals surface area contributed by atoms with Gasteiger partial charge in [0, 0.05) is 25.6 Å². The quantitative estimate of drug-likeness (QED) is 0.632. The number of rotatable bonds is 6. The molecule has 1 fully saturated rings. The van der Waals surface area contributed by atoms with Crippen molar-refractivity contribution in [3.05, 3.63) is 41.2 Å². The van der Waals surface area contributed by atoms with Gasteiger partial charge in [-0.3, -0.25) is 4.79 Å². The van der Waals surface area contributed by atoms with Crippen molar-refractivity contribution in [3.8, 4) is 5.69 Å². The summed E-state index contributed by atoms with van der Waals surface area (Å²) in [4.78, 5) is 14.8. The van der Waals surface area contributed by atoms with E-state index >= 15 is 0 Å². The SMILES string of the molecule is Cc1ccc(-n2nc3c(N4CCC(C(=O)NCCC(C)C)CC4)nnc(C)c3c2C)cc1. The number of carbonyl (C=O) groups is 1. The summed E-state index contributed by atoms with van der Waals surface area (Å²) in [7, 11) is 0. The van der Waals surface area contributed by atoms with E-state index in [4.69, 9.17) is 5.10 Å². The van der Waals surface area contributed by atoms with Gasteiger partial charge in [-0.05, 0) is 58.1 Å². The van der Waals surface area contributed by atoms with E-state index in [0.29, 0.717) is 5.92 Å². The highest BCUT2D eigenvalue weighted by molar-refractivity contribution is 5.92. The number of anilines is 1. The summed E-state index contributed by atoms with van der Waals surface area (Å²) in [6.45, 7) is 12.8. The number of amides is 1. The van der Waals surface area contributed by atoms with Crippen LogP contribution in [0.3, 0.4) is 0 Å². The Kier molecular flexibility index (Phi) is 6.44. The third-order valence-corrected chi connectivity index (χ3v) is 6.45. The molecule has 0 unspecified atom stereocenters. The molecule has 1 aromatic carbocycles. The lowest BCUT2D eigenvalue weighted by Crippen LogP contribution is -2.41. The number of aromatic nitrogens is 4. The molecule has 1 aliphatic heterocycles. The molecule has 4 rings (SSSR count). The van der Waals surface area contributed by atoms with E-state index in [-0.39, 0.29) is 11.8 Å². The average molecular weight is 435 g/mol. The van der Waals surface area contributed by atoms with E-state index in [9.17, 15) is 4.79 Å². The van der Waals surface area contributed by atoms with Crippen LogP contribution in [0, 0.1) is 32.6 Å². The molecular formula is C25H34N6O. The van der Waals surface area contributed by atoms with Crippen LogP contribution in [0.15, 0.2) is 24.3 Å². The van der Waals surface area contributed by atoms with Gasteiger partial charge in [0.2, 0.25) is 5.91 Å². The maximum atomic E-state index is 12.5. The Morgan fingerprint density at radius 1 is 1.09 bits per heavy atom. The fraction of sp³-hybridized carbons (Fsp3) is 0.520. The molecule has 0 spiro atoms. The third-order valence-electron chi connectivity index (χ3n) is 6.45. The predicted molar refractivity (Wildman–Crippen MR) is 128 cm³/mol. The summed E-state index contributed by atoms with van der Waals surface area (Å²) in [5.41, 5.74) is 5.09. The minimum absolute atomic E-state index is 0.0687. The fourth-order valence-electron chi connectivity index (χ4n) is 4.44. The fourth-order valence-corrected chi connectivity index (χ4v) is 4.44. The van der Waals surface area contributed by atoms with E-state index in [2.05, 4.69) is 72.4 Å². The van der Waals surface area contributed by atoms with Gasteiger partial charge < -0.3 is 10.2 Å². The molecule has 1 saturated heterocycles. The van der Waals surface area contributed by atoms with Gasteiger partial charge in [-0.2, -0.15) is 10.2 Å². The van der Waals surface area contributed by atoms with Crippen LogP contribution in [0.1, 0.15) is 50.1 Å². The number of fused-ring (bicyclic) bond motifs is 1. The number of nitrogens with zero attached hydrogens (tertiary/aromatic N) is 5. The summed E-state index contributed by atoms with van der Waals surface area (Å²) in [5, 5.41) is 18.1. The monoisotopic (exact) mass is 434 g/mol. The number of hydrogen-bond acceptors (Lipinski definition) is 5. The highest BCUT2D eigenvalue weighted by Crippen LogP contribution is 2.31. The molecule has 7 nitrogen and oxygen atoms in total. The standard InChI is InChI=1S/C25H34N6O/c1-16(2)10-13-26-25(32)20-11-14-30(15-12-20)24-23-22(18(4)27-28-24)19(5)31(29-23)21-8-6-17(3)7-9-21/h6-9,16,20H,10-15H2,1-5H3,(H,26,32). The first kappa shape index (κ1) is 22.2. The van der Waals surface area contributed by atoms with Crippen molar-refractivity contribution >= 4 is 22.6 Å². The second kappa shape index (κ2) is 9.27. The van der Waals surface area contributed by atoms with Gasteiger partial charge in [0.05, 0.1) is 22.5 Å². The van der Waals surface area contributed by atoms with Crippen molar-refractivity contribution in [1.82, 2.24) is 25.3 Å². The Morgan fingerprint density at radius 2 is 1.78 bits per heavy atom. The van der Waals surface area contributed by atoms with Gasteiger partial charge in [-0.1, -0.05) is 31.5 Å². The van der Waals surface area contributed by atoms with Crippen LogP contribution in [-0.2, 0) is 4.79 Å². The topological polar surface area (TPSA) is 75.9 Å². The largest absolute Gasteiger partial charge is 0.356 e. The first-order chi connectivity index (χ1) is 15.3. The van der Waals surface area contributed by atoms with Crippen molar-refractivity contribution in [2.45, 2.75) is 53.9 Å². The maximum Gasteiger partial charge on any atom is 0.223 e. The van der Waals surface area contributed by atoms with Gasteiger partial charge in [-0.25, -0.2) is 4.68 Å². The van der Waals surface area contributed by atoms with E-state index in [1.807, 2.05) is 11.6 Å². The summed E-state index contributed by atoms with van der Waals surface area (Å²) >= 11 is 0. The van der Waals surface area contributed by atoms with Crippen molar-refractivity contribution in [2.24, 2.45) is 11.8 Å². The second-order valence-corrected chi connectivity index (χ2v) is 9.40. The summed E-state index contributed by atoms with van der Waals surface area (Å²) in [6.07, 6.45) is 2.66. The first-order valence-corrected chi connectivity index (χ1v) is 11.7. The molecule has 7 heteroatoms. The van der Waals surface area contributed by atoms with Crippen LogP contribution in [0.5, 0.6) is 0 Å². The van der Waals surface area contributed by atoms with E-state index in [1.54, 1.807) is 0 Å². The number of nitrogens with one attached hydrogen (secondary N) is 1. The highest BCUT2D eigenvalue weighted by Gasteiger charge is 2.28. The Bertz CT molecular complexity index is 1090. The molecule has 0 bridgehead atoms. The Hall–Kier alpha value is -2.96. The molecule has 32 heavy (non-hydrogen) atoms. The Morgan fingerprint density at radius 3 is 2.44 bits per heavy atom. The van der Waals surface area contributed by atoms with E-state index in [1.165, 1.54) is 5.56 Å². The van der Waals surface area contributed by atoms with Crippen LogP contribution in [0.2, 0.25) is 0 Å². The zero-order valence-electron chi connectivity index (χ0n) is 19.9. The van der Waals surface area contributed by atoms with Crippen LogP contribution in [0.4, 0.5) is 5.82 Å². The number of hydrogen-bond donors (Lipinski definition) is 1. The van der Waals surface area contributed by atoms with E-state index in [0.717, 1.165) is 72.7 Å². The molecule has 1 aliphatic rings. The van der Waals surface area contributed by atoms with Crippen LogP contribution < -0.4 is 10.2 Å². The van der Waals surface area contributed by atoms with Gasteiger partial charge >= 0.3 is 0 Å². The average Bonchev–Trinajstić information content (AvgIpc) is 3.12. The Labute approximate surface area is 190 Å².